The van der Waals surface area contributed by atoms with Gasteiger partial charge in [-0.25, -0.2) is 0 Å². The molecule has 12 heteroatoms. The molecular weight excluding hydrogens is 660 g/mol. The maximum Gasteiger partial charge on any atom is 0.245 e. The Morgan fingerprint density at radius 1 is 0.942 bits per heavy atom. The highest BCUT2D eigenvalue weighted by Gasteiger charge is 2.43. The molecule has 0 spiro atoms. The summed E-state index contributed by atoms with van der Waals surface area (Å²) in [7, 11) is 8.59. The van der Waals surface area contributed by atoms with Crippen molar-refractivity contribution >= 4 is 29.8 Å². The first-order valence-electron chi connectivity index (χ1n) is 19.0. The molecule has 52 heavy (non-hydrogen) atoms. The summed E-state index contributed by atoms with van der Waals surface area (Å²) >= 11 is 0. The molecule has 1 saturated heterocycles. The minimum absolute atomic E-state index is 0.0112. The summed E-state index contributed by atoms with van der Waals surface area (Å²) < 4.78 is 11.9. The third kappa shape index (κ3) is 11.8. The van der Waals surface area contributed by atoms with Gasteiger partial charge in [0, 0.05) is 34.0 Å². The zero-order valence-corrected chi connectivity index (χ0v) is 33.8. The van der Waals surface area contributed by atoms with Crippen molar-refractivity contribution in [2.45, 2.75) is 123 Å². The van der Waals surface area contributed by atoms with Gasteiger partial charge in [-0.2, -0.15) is 0 Å². The number of likely N-dealkylation sites (N-methyl/N-ethyl adjacent to an activating group) is 2. The Balaban J connectivity index is 2.25. The number of rotatable bonds is 21. The topological polar surface area (TPSA) is 144 Å². The van der Waals surface area contributed by atoms with Gasteiger partial charge in [0.15, 0.2) is 0 Å². The Hall–Kier alpha value is -3.35. The van der Waals surface area contributed by atoms with Crippen LogP contribution in [0, 0.1) is 29.1 Å². The molecule has 1 fully saturated rings. The Morgan fingerprint density at radius 3 is 2.08 bits per heavy atom. The van der Waals surface area contributed by atoms with E-state index in [1.165, 1.54) is 6.21 Å². The van der Waals surface area contributed by atoms with Crippen LogP contribution in [0.25, 0.3) is 0 Å². The van der Waals surface area contributed by atoms with E-state index in [-0.39, 0.29) is 59.9 Å². The fraction of sp³-hybridized carbons (Fsp3) is 0.725. The number of methoxy groups -OCH3 is 2. The predicted molar refractivity (Wildman–Crippen MR) is 206 cm³/mol. The fourth-order valence-corrected chi connectivity index (χ4v) is 7.75. The summed E-state index contributed by atoms with van der Waals surface area (Å²) in [6, 6.07) is 7.35. The highest BCUT2D eigenvalue weighted by Crippen LogP contribution is 2.30. The van der Waals surface area contributed by atoms with Gasteiger partial charge in [0.25, 0.3) is 0 Å². The maximum atomic E-state index is 14.2. The number of carbonyl (C=O) groups is 4. The summed E-state index contributed by atoms with van der Waals surface area (Å²) in [5.41, 5.74) is 1.02. The number of hydrogen-bond acceptors (Lipinski definition) is 8. The van der Waals surface area contributed by atoms with Gasteiger partial charge in [0.05, 0.1) is 48.7 Å². The summed E-state index contributed by atoms with van der Waals surface area (Å²) in [5.74, 6) is -1.49. The Morgan fingerprint density at radius 2 is 1.58 bits per heavy atom. The number of carbonyl (C=O) groups excluding carboxylic acids is 4. The smallest absolute Gasteiger partial charge is 0.245 e. The van der Waals surface area contributed by atoms with Crippen LogP contribution in [0.15, 0.2) is 30.3 Å². The molecule has 1 aromatic carbocycles. The van der Waals surface area contributed by atoms with E-state index in [0.29, 0.717) is 19.4 Å². The van der Waals surface area contributed by atoms with E-state index in [0.717, 1.165) is 18.4 Å². The average Bonchev–Trinajstić information content (AvgIpc) is 3.59. The maximum absolute atomic E-state index is 14.2. The second kappa shape index (κ2) is 21.4. The molecule has 2 rings (SSSR count). The quantitative estimate of drug-likeness (QED) is 0.162. The van der Waals surface area contributed by atoms with Crippen molar-refractivity contribution < 1.29 is 28.7 Å². The second-order valence-corrected chi connectivity index (χ2v) is 15.4. The average molecular weight is 729 g/mol. The fourth-order valence-electron chi connectivity index (χ4n) is 7.75. The number of likely N-dealkylation sites (tertiary alicyclic amines) is 1. The molecule has 0 radical (unpaired) electrons. The normalized spacial score (nSPS) is 19.4. The van der Waals surface area contributed by atoms with Crippen molar-refractivity contribution in [1.29, 1.82) is 5.41 Å². The summed E-state index contributed by atoms with van der Waals surface area (Å²) in [5, 5.41) is 13.9. The highest BCUT2D eigenvalue weighted by atomic mass is 16.5. The van der Waals surface area contributed by atoms with Crippen LogP contribution in [0.5, 0.6) is 0 Å². The van der Waals surface area contributed by atoms with Crippen molar-refractivity contribution in [3.05, 3.63) is 35.9 Å². The molecule has 1 aromatic rings. The lowest BCUT2D eigenvalue weighted by Crippen LogP contribution is -2.59. The van der Waals surface area contributed by atoms with Gasteiger partial charge >= 0.3 is 0 Å². The van der Waals surface area contributed by atoms with Gasteiger partial charge in [-0.15, -0.1) is 0 Å². The Kier molecular flexibility index (Phi) is 18.4. The van der Waals surface area contributed by atoms with Gasteiger partial charge < -0.3 is 35.3 Å². The van der Waals surface area contributed by atoms with E-state index in [9.17, 15) is 19.2 Å². The third-order valence-corrected chi connectivity index (χ3v) is 10.8. The summed E-state index contributed by atoms with van der Waals surface area (Å²) in [6.45, 7) is 14.2. The van der Waals surface area contributed by atoms with E-state index >= 15 is 0 Å². The van der Waals surface area contributed by atoms with Gasteiger partial charge in [-0.05, 0) is 56.7 Å². The molecule has 9 unspecified atom stereocenters. The SMILES string of the molecule is CCC(C)C(C(CC(=O)N1CCCC1C(OC)C(C)C(=O)NC(C=N)Cc1ccccc1)OC)N(C)C(=O)C(NC(=O)C(C(C)C)N(C)C)C(C)C. The van der Waals surface area contributed by atoms with Crippen LogP contribution in [0.1, 0.15) is 79.7 Å². The molecular formula is C40H68N6O6. The molecule has 0 saturated carbocycles. The first kappa shape index (κ1) is 44.8. The molecule has 1 aliphatic heterocycles. The van der Waals surface area contributed by atoms with E-state index in [1.54, 1.807) is 33.1 Å². The van der Waals surface area contributed by atoms with Gasteiger partial charge in [0.2, 0.25) is 23.6 Å². The van der Waals surface area contributed by atoms with E-state index in [4.69, 9.17) is 14.9 Å². The van der Waals surface area contributed by atoms with E-state index in [1.807, 2.05) is 95.8 Å². The molecule has 1 aliphatic rings. The number of nitrogens with one attached hydrogen (secondary N) is 3. The van der Waals surface area contributed by atoms with E-state index in [2.05, 4.69) is 10.6 Å². The molecule has 12 nitrogen and oxygen atoms in total. The van der Waals surface area contributed by atoms with Gasteiger partial charge in [-0.3, -0.25) is 24.1 Å². The van der Waals surface area contributed by atoms with Crippen molar-refractivity contribution in [2.24, 2.45) is 23.7 Å². The van der Waals surface area contributed by atoms with Gasteiger partial charge in [-0.1, -0.05) is 85.2 Å². The van der Waals surface area contributed by atoms with E-state index < -0.39 is 36.3 Å². The minimum Gasteiger partial charge on any atom is -0.379 e. The lowest BCUT2D eigenvalue weighted by Gasteiger charge is -2.41. The number of benzene rings is 1. The van der Waals surface area contributed by atoms with Crippen LogP contribution in [0.2, 0.25) is 0 Å². The van der Waals surface area contributed by atoms with Crippen LogP contribution >= 0.6 is 0 Å². The number of ether oxygens (including phenoxy) is 2. The lowest BCUT2D eigenvalue weighted by molar-refractivity contribution is -0.148. The monoisotopic (exact) mass is 729 g/mol. The standard InChI is InChI=1S/C40H68N6O6/c1-13-27(6)36(45(10)40(50)34(25(2)3)43-39(49)35(26(4)5)44(8)9)32(51-11)23-33(47)46-21-17-20-31(46)37(52-12)28(7)38(48)42-30(24-41)22-29-18-15-14-16-19-29/h14-16,18-19,24-28,30-32,34-37,41H,13,17,20-23H2,1-12H3,(H,42,48)(H,43,49). The summed E-state index contributed by atoms with van der Waals surface area (Å²) in [6.07, 6.45) is 2.82. The van der Waals surface area contributed by atoms with Crippen LogP contribution < -0.4 is 10.6 Å². The van der Waals surface area contributed by atoms with Crippen LogP contribution in [0.3, 0.4) is 0 Å². The lowest BCUT2D eigenvalue weighted by atomic mass is 9.89. The summed E-state index contributed by atoms with van der Waals surface area (Å²) in [4.78, 5) is 60.6. The number of hydrogen-bond donors (Lipinski definition) is 3. The zero-order valence-electron chi connectivity index (χ0n) is 33.8. The molecule has 3 N–H and O–H groups in total. The molecule has 0 aliphatic carbocycles. The molecule has 0 aromatic heterocycles. The predicted octanol–water partition coefficient (Wildman–Crippen LogP) is 4.01. The molecule has 1 heterocycles. The number of nitrogens with zero attached hydrogens (tertiary/aromatic N) is 3. The largest absolute Gasteiger partial charge is 0.379 e. The highest BCUT2D eigenvalue weighted by molar-refractivity contribution is 5.90. The van der Waals surface area contributed by atoms with Crippen LogP contribution in [-0.2, 0) is 35.1 Å². The minimum atomic E-state index is -0.753. The first-order valence-corrected chi connectivity index (χ1v) is 19.0. The Bertz CT molecular complexity index is 1280. The third-order valence-electron chi connectivity index (χ3n) is 10.8. The zero-order chi connectivity index (χ0) is 39.3. The van der Waals surface area contributed by atoms with Crippen LogP contribution in [0.4, 0.5) is 0 Å². The van der Waals surface area contributed by atoms with Crippen molar-refractivity contribution in [2.75, 3.05) is 41.9 Å². The van der Waals surface area contributed by atoms with Crippen molar-refractivity contribution in [3.63, 3.8) is 0 Å². The Labute approximate surface area is 313 Å². The van der Waals surface area contributed by atoms with Crippen molar-refractivity contribution in [3.8, 4) is 0 Å². The number of amides is 4. The van der Waals surface area contributed by atoms with Gasteiger partial charge in [0.1, 0.15) is 6.04 Å². The van der Waals surface area contributed by atoms with Crippen molar-refractivity contribution in [1.82, 2.24) is 25.3 Å². The first-order chi connectivity index (χ1) is 24.5. The second-order valence-electron chi connectivity index (χ2n) is 15.4. The molecule has 294 valence electrons. The molecule has 4 amide bonds. The van der Waals surface area contributed by atoms with Crippen LogP contribution in [-0.4, -0.2) is 129 Å². The molecule has 0 bridgehead atoms. The molecule has 9 atom stereocenters.